The van der Waals surface area contributed by atoms with Gasteiger partial charge in [0.2, 0.25) is 17.7 Å². The number of benzene rings is 1. The monoisotopic (exact) mass is 359 g/mol. The van der Waals surface area contributed by atoms with Gasteiger partial charge in [-0.15, -0.1) is 0 Å². The Kier molecular flexibility index (Phi) is 4.24. The largest absolute Gasteiger partial charge is 0.481 e. The van der Waals surface area contributed by atoms with E-state index in [2.05, 4.69) is 10.6 Å². The number of nitrogens with zero attached hydrogens (tertiary/aromatic N) is 1. The van der Waals surface area contributed by atoms with E-state index >= 15 is 0 Å². The summed E-state index contributed by atoms with van der Waals surface area (Å²) in [6, 6.07) is 3.03. The SMILES string of the molecule is O=C(O)CC(=O)Nc1cccc2c1C(=O)N(C1CCC(=O)NC1=O)C2=O. The number of fused-ring (bicyclic) bond motifs is 1. The summed E-state index contributed by atoms with van der Waals surface area (Å²) in [6.45, 7) is 0. The van der Waals surface area contributed by atoms with Crippen LogP contribution in [0.3, 0.4) is 0 Å². The highest BCUT2D eigenvalue weighted by molar-refractivity contribution is 6.26. The van der Waals surface area contributed by atoms with E-state index in [1.54, 1.807) is 0 Å². The summed E-state index contributed by atoms with van der Waals surface area (Å²) in [4.78, 5) is 71.6. The fourth-order valence-corrected chi connectivity index (χ4v) is 2.95. The maximum Gasteiger partial charge on any atom is 0.312 e. The lowest BCUT2D eigenvalue weighted by Gasteiger charge is -2.27. The summed E-state index contributed by atoms with van der Waals surface area (Å²) >= 11 is 0. The van der Waals surface area contributed by atoms with Crippen LogP contribution in [0.5, 0.6) is 0 Å². The number of carboxylic acids is 1. The Labute approximate surface area is 146 Å². The number of carbonyl (C=O) groups is 6. The Balaban J connectivity index is 1.91. The zero-order valence-corrected chi connectivity index (χ0v) is 13.3. The maximum atomic E-state index is 12.7. The summed E-state index contributed by atoms with van der Waals surface area (Å²) in [7, 11) is 0. The second-order valence-electron chi connectivity index (χ2n) is 5.79. The minimum Gasteiger partial charge on any atom is -0.481 e. The van der Waals surface area contributed by atoms with Crippen molar-refractivity contribution in [1.82, 2.24) is 10.2 Å². The lowest BCUT2D eigenvalue weighted by atomic mass is 10.0. The molecular weight excluding hydrogens is 346 g/mol. The van der Waals surface area contributed by atoms with Crippen molar-refractivity contribution in [3.05, 3.63) is 29.3 Å². The number of carboxylic acid groups (broad SMARTS) is 1. The molecule has 0 aliphatic carbocycles. The standard InChI is InChI=1S/C16H13N3O7/c20-10-5-4-9(14(24)18-10)19-15(25)7-2-1-3-8(13(7)16(19)26)17-11(21)6-12(22)23/h1-3,9H,4-6H2,(H,17,21)(H,22,23)(H,18,20,24). The van der Waals surface area contributed by atoms with E-state index in [0.29, 0.717) is 0 Å². The first-order valence-corrected chi connectivity index (χ1v) is 7.66. The number of imide groups is 2. The third-order valence-electron chi connectivity index (χ3n) is 4.05. The molecule has 3 N–H and O–H groups in total. The van der Waals surface area contributed by atoms with Crippen LogP contribution in [-0.4, -0.2) is 51.6 Å². The number of amides is 5. The van der Waals surface area contributed by atoms with Gasteiger partial charge in [0.05, 0.1) is 16.8 Å². The van der Waals surface area contributed by atoms with Crippen LogP contribution in [0.25, 0.3) is 0 Å². The van der Waals surface area contributed by atoms with E-state index in [9.17, 15) is 28.8 Å². The van der Waals surface area contributed by atoms with Crippen LogP contribution in [0.15, 0.2) is 18.2 Å². The zero-order chi connectivity index (χ0) is 19.0. The van der Waals surface area contributed by atoms with Crippen molar-refractivity contribution in [1.29, 1.82) is 0 Å². The highest BCUT2D eigenvalue weighted by atomic mass is 16.4. The number of hydrogen-bond donors (Lipinski definition) is 3. The molecule has 2 heterocycles. The molecule has 0 bridgehead atoms. The third kappa shape index (κ3) is 2.92. The zero-order valence-electron chi connectivity index (χ0n) is 13.3. The molecule has 0 saturated carbocycles. The number of nitrogens with one attached hydrogen (secondary N) is 2. The van der Waals surface area contributed by atoms with E-state index < -0.39 is 48.0 Å². The van der Waals surface area contributed by atoms with Gasteiger partial charge >= 0.3 is 5.97 Å². The third-order valence-corrected chi connectivity index (χ3v) is 4.05. The Morgan fingerprint density at radius 1 is 1.19 bits per heavy atom. The molecule has 1 atom stereocenters. The van der Waals surface area contributed by atoms with Crippen molar-refractivity contribution in [2.24, 2.45) is 0 Å². The summed E-state index contributed by atoms with van der Waals surface area (Å²) in [5, 5.41) is 13.0. The molecule has 3 rings (SSSR count). The minimum atomic E-state index is -1.34. The molecule has 0 aromatic heterocycles. The first-order valence-electron chi connectivity index (χ1n) is 7.66. The van der Waals surface area contributed by atoms with Crippen LogP contribution in [0.2, 0.25) is 0 Å². The molecular formula is C16H13N3O7. The molecule has 1 saturated heterocycles. The van der Waals surface area contributed by atoms with Crippen LogP contribution in [0.1, 0.15) is 40.0 Å². The Morgan fingerprint density at radius 3 is 2.58 bits per heavy atom. The quantitative estimate of drug-likeness (QED) is 0.484. The van der Waals surface area contributed by atoms with Crippen molar-refractivity contribution < 1.29 is 33.9 Å². The Hall–Kier alpha value is -3.56. The lowest BCUT2D eigenvalue weighted by molar-refractivity contribution is -0.140. The van der Waals surface area contributed by atoms with E-state index in [-0.39, 0.29) is 29.7 Å². The topological polar surface area (TPSA) is 150 Å². The predicted molar refractivity (Wildman–Crippen MR) is 84.0 cm³/mol. The van der Waals surface area contributed by atoms with Gasteiger partial charge in [0.1, 0.15) is 12.5 Å². The van der Waals surface area contributed by atoms with Crippen molar-refractivity contribution in [2.75, 3.05) is 5.32 Å². The Morgan fingerprint density at radius 2 is 1.92 bits per heavy atom. The van der Waals surface area contributed by atoms with Crippen molar-refractivity contribution >= 4 is 41.2 Å². The van der Waals surface area contributed by atoms with Crippen molar-refractivity contribution in [3.63, 3.8) is 0 Å². The fraction of sp³-hybridized carbons (Fsp3) is 0.250. The number of rotatable bonds is 4. The van der Waals surface area contributed by atoms with E-state index in [1.807, 2.05) is 0 Å². The first kappa shape index (κ1) is 17.3. The van der Waals surface area contributed by atoms with E-state index in [4.69, 9.17) is 5.11 Å². The van der Waals surface area contributed by atoms with Gasteiger partial charge in [-0.1, -0.05) is 6.07 Å². The molecule has 10 nitrogen and oxygen atoms in total. The highest BCUT2D eigenvalue weighted by Gasteiger charge is 2.45. The molecule has 0 radical (unpaired) electrons. The maximum absolute atomic E-state index is 12.7. The van der Waals surface area contributed by atoms with Gasteiger partial charge < -0.3 is 10.4 Å². The second-order valence-corrected chi connectivity index (χ2v) is 5.79. The first-order chi connectivity index (χ1) is 12.3. The van der Waals surface area contributed by atoms with Gasteiger partial charge in [0.25, 0.3) is 11.8 Å². The normalized spacial score (nSPS) is 19.2. The number of hydrogen-bond acceptors (Lipinski definition) is 6. The van der Waals surface area contributed by atoms with Gasteiger partial charge in [-0.05, 0) is 18.6 Å². The van der Waals surface area contributed by atoms with Crippen molar-refractivity contribution in [2.45, 2.75) is 25.3 Å². The second kappa shape index (κ2) is 6.39. The van der Waals surface area contributed by atoms with Crippen LogP contribution in [0, 0.1) is 0 Å². The molecule has 10 heteroatoms. The molecule has 1 unspecified atom stereocenters. The minimum absolute atomic E-state index is 0.00664. The lowest BCUT2D eigenvalue weighted by Crippen LogP contribution is -2.54. The molecule has 5 amide bonds. The van der Waals surface area contributed by atoms with Crippen molar-refractivity contribution in [3.8, 4) is 0 Å². The molecule has 0 spiro atoms. The van der Waals surface area contributed by atoms with Gasteiger partial charge in [0.15, 0.2) is 0 Å². The summed E-state index contributed by atoms with van der Waals surface area (Å²) in [5.74, 6) is -4.93. The summed E-state index contributed by atoms with van der Waals surface area (Å²) in [5.41, 5.74) is -0.129. The molecule has 1 aromatic carbocycles. The average molecular weight is 359 g/mol. The predicted octanol–water partition coefficient (Wildman–Crippen LogP) is -0.499. The molecule has 1 fully saturated rings. The smallest absolute Gasteiger partial charge is 0.312 e. The molecule has 2 aliphatic rings. The van der Waals surface area contributed by atoms with Gasteiger partial charge in [0, 0.05) is 6.42 Å². The van der Waals surface area contributed by atoms with Crippen LogP contribution < -0.4 is 10.6 Å². The number of aliphatic carboxylic acids is 1. The summed E-state index contributed by atoms with van der Waals surface area (Å²) < 4.78 is 0. The molecule has 26 heavy (non-hydrogen) atoms. The number of anilines is 1. The highest BCUT2D eigenvalue weighted by Crippen LogP contribution is 2.32. The van der Waals surface area contributed by atoms with Gasteiger partial charge in [-0.3, -0.25) is 39.0 Å². The Bertz CT molecular complexity index is 877. The van der Waals surface area contributed by atoms with Crippen LogP contribution >= 0.6 is 0 Å². The fourth-order valence-electron chi connectivity index (χ4n) is 2.95. The van der Waals surface area contributed by atoms with Crippen LogP contribution in [-0.2, 0) is 19.2 Å². The number of piperidine rings is 1. The summed E-state index contributed by atoms with van der Waals surface area (Å²) in [6.07, 6.45) is -0.800. The van der Waals surface area contributed by atoms with Gasteiger partial charge in [-0.25, -0.2) is 0 Å². The molecule has 2 aliphatic heterocycles. The van der Waals surface area contributed by atoms with Gasteiger partial charge in [-0.2, -0.15) is 0 Å². The average Bonchev–Trinajstić information content (AvgIpc) is 2.79. The molecule has 1 aromatic rings. The van der Waals surface area contributed by atoms with Crippen LogP contribution in [0.4, 0.5) is 5.69 Å². The van der Waals surface area contributed by atoms with E-state index in [1.165, 1.54) is 18.2 Å². The number of carbonyl (C=O) groups excluding carboxylic acids is 5. The molecule has 134 valence electrons. The van der Waals surface area contributed by atoms with E-state index in [0.717, 1.165) is 4.90 Å².